The molecule has 0 aromatic heterocycles. The molecule has 1 atom stereocenters. The minimum atomic E-state index is -0.805. The molecule has 5 nitrogen and oxygen atoms in total. The average Bonchev–Trinajstić information content (AvgIpc) is 2.70. The zero-order valence-corrected chi connectivity index (χ0v) is 16.8. The lowest BCUT2D eigenvalue weighted by Crippen LogP contribution is -2.36. The van der Waals surface area contributed by atoms with Crippen LogP contribution in [0.2, 0.25) is 0 Å². The van der Waals surface area contributed by atoms with Crippen LogP contribution >= 0.6 is 0 Å². The number of allylic oxidation sites excluding steroid dienone is 1. The summed E-state index contributed by atoms with van der Waals surface area (Å²) < 4.78 is 5.31. The molecule has 1 N–H and O–H groups in total. The highest BCUT2D eigenvalue weighted by Crippen LogP contribution is 2.19. The SMILES string of the molecule is CCN(CC)c1ccc(C(=O)O[C@@H](C)C(=O)NCCC2=CCCCC2)cc1. The predicted octanol–water partition coefficient (Wildman–Crippen LogP) is 4.08. The molecule has 0 bridgehead atoms. The standard InChI is InChI=1S/C22H32N2O3/c1-4-24(5-2)20-13-11-19(12-14-20)22(26)27-17(3)21(25)23-16-15-18-9-7-6-8-10-18/h9,11-14,17H,4-8,10,15-16H2,1-3H3,(H,23,25)/t17-/m0/s1. The Balaban J connectivity index is 1.79. The minimum Gasteiger partial charge on any atom is -0.449 e. The van der Waals surface area contributed by atoms with E-state index in [-0.39, 0.29) is 5.91 Å². The number of rotatable bonds is 9. The van der Waals surface area contributed by atoms with Crippen molar-refractivity contribution in [2.75, 3.05) is 24.5 Å². The normalized spacial score (nSPS) is 14.9. The van der Waals surface area contributed by atoms with E-state index in [0.717, 1.165) is 38.0 Å². The van der Waals surface area contributed by atoms with Gasteiger partial charge in [-0.3, -0.25) is 4.79 Å². The van der Waals surface area contributed by atoms with E-state index in [1.165, 1.54) is 18.4 Å². The molecule has 0 saturated carbocycles. The fourth-order valence-electron chi connectivity index (χ4n) is 3.30. The molecule has 1 aromatic carbocycles. The van der Waals surface area contributed by atoms with Crippen LogP contribution in [-0.2, 0) is 9.53 Å². The summed E-state index contributed by atoms with van der Waals surface area (Å²) in [7, 11) is 0. The van der Waals surface area contributed by atoms with Gasteiger partial charge in [-0.05, 0) is 77.1 Å². The number of benzene rings is 1. The van der Waals surface area contributed by atoms with Crippen LogP contribution in [0, 0.1) is 0 Å². The lowest BCUT2D eigenvalue weighted by Gasteiger charge is -2.21. The highest BCUT2D eigenvalue weighted by Gasteiger charge is 2.19. The Labute approximate surface area is 162 Å². The molecular weight excluding hydrogens is 340 g/mol. The zero-order valence-electron chi connectivity index (χ0n) is 16.8. The molecule has 0 saturated heterocycles. The average molecular weight is 373 g/mol. The molecule has 0 aliphatic heterocycles. The van der Waals surface area contributed by atoms with Gasteiger partial charge >= 0.3 is 5.97 Å². The van der Waals surface area contributed by atoms with Gasteiger partial charge in [-0.15, -0.1) is 0 Å². The minimum absolute atomic E-state index is 0.250. The highest BCUT2D eigenvalue weighted by molar-refractivity contribution is 5.92. The van der Waals surface area contributed by atoms with Crippen molar-refractivity contribution >= 4 is 17.6 Å². The number of nitrogens with one attached hydrogen (secondary N) is 1. The van der Waals surface area contributed by atoms with Gasteiger partial charge in [0.05, 0.1) is 5.56 Å². The van der Waals surface area contributed by atoms with Gasteiger partial charge in [-0.2, -0.15) is 0 Å². The molecule has 0 heterocycles. The quantitative estimate of drug-likeness (QED) is 0.524. The van der Waals surface area contributed by atoms with Crippen molar-refractivity contribution in [3.63, 3.8) is 0 Å². The van der Waals surface area contributed by atoms with Crippen LogP contribution in [0.1, 0.15) is 63.2 Å². The summed E-state index contributed by atoms with van der Waals surface area (Å²) in [6.07, 6.45) is 7.12. The monoisotopic (exact) mass is 372 g/mol. The molecular formula is C22H32N2O3. The summed E-state index contributed by atoms with van der Waals surface area (Å²) in [6, 6.07) is 7.31. The summed E-state index contributed by atoms with van der Waals surface area (Å²) in [4.78, 5) is 26.6. The van der Waals surface area contributed by atoms with Crippen LogP contribution in [0.3, 0.4) is 0 Å². The third kappa shape index (κ3) is 6.42. The first kappa shape index (κ1) is 21.0. The maximum absolute atomic E-state index is 12.3. The fourth-order valence-corrected chi connectivity index (χ4v) is 3.30. The number of amides is 1. The molecule has 0 fully saturated rings. The van der Waals surface area contributed by atoms with Gasteiger partial charge in [0, 0.05) is 25.3 Å². The second-order valence-electron chi connectivity index (χ2n) is 6.92. The number of ether oxygens (including phenoxy) is 1. The number of esters is 1. The molecule has 1 aliphatic carbocycles. The van der Waals surface area contributed by atoms with Gasteiger partial charge in [0.2, 0.25) is 0 Å². The first-order valence-electron chi connectivity index (χ1n) is 10.1. The highest BCUT2D eigenvalue weighted by atomic mass is 16.5. The first-order chi connectivity index (χ1) is 13.0. The van der Waals surface area contributed by atoms with E-state index in [0.29, 0.717) is 12.1 Å². The zero-order chi connectivity index (χ0) is 19.6. The Kier molecular flexibility index (Phi) is 8.37. The lowest BCUT2D eigenvalue weighted by molar-refractivity contribution is -0.129. The number of carbonyl (C=O) groups excluding carboxylic acids is 2. The van der Waals surface area contributed by atoms with Crippen molar-refractivity contribution in [2.45, 2.75) is 59.0 Å². The van der Waals surface area contributed by atoms with Crippen molar-refractivity contribution < 1.29 is 14.3 Å². The largest absolute Gasteiger partial charge is 0.449 e. The smallest absolute Gasteiger partial charge is 0.338 e. The number of anilines is 1. The summed E-state index contributed by atoms with van der Waals surface area (Å²) in [6.45, 7) is 8.21. The molecule has 1 amide bonds. The second-order valence-corrected chi connectivity index (χ2v) is 6.92. The Bertz CT molecular complexity index is 648. The Hall–Kier alpha value is -2.30. The molecule has 5 heteroatoms. The second kappa shape index (κ2) is 10.8. The molecule has 0 unspecified atom stereocenters. The van der Waals surface area contributed by atoms with Gasteiger partial charge in [0.1, 0.15) is 0 Å². The van der Waals surface area contributed by atoms with Gasteiger partial charge < -0.3 is 15.0 Å². The predicted molar refractivity (Wildman–Crippen MR) is 109 cm³/mol. The van der Waals surface area contributed by atoms with Crippen molar-refractivity contribution in [1.82, 2.24) is 5.32 Å². The van der Waals surface area contributed by atoms with E-state index in [1.54, 1.807) is 19.1 Å². The van der Waals surface area contributed by atoms with Crippen molar-refractivity contribution in [3.05, 3.63) is 41.5 Å². The Morgan fingerprint density at radius 3 is 2.44 bits per heavy atom. The maximum Gasteiger partial charge on any atom is 0.338 e. The number of hydrogen-bond acceptors (Lipinski definition) is 4. The summed E-state index contributed by atoms with van der Waals surface area (Å²) >= 11 is 0. The van der Waals surface area contributed by atoms with Crippen molar-refractivity contribution in [3.8, 4) is 0 Å². The molecule has 1 aromatic rings. The number of hydrogen-bond donors (Lipinski definition) is 1. The van der Waals surface area contributed by atoms with E-state index < -0.39 is 12.1 Å². The van der Waals surface area contributed by atoms with Crippen LogP contribution in [-0.4, -0.2) is 37.6 Å². The molecule has 27 heavy (non-hydrogen) atoms. The third-order valence-electron chi connectivity index (χ3n) is 5.02. The van der Waals surface area contributed by atoms with E-state index >= 15 is 0 Å². The lowest BCUT2D eigenvalue weighted by atomic mass is 9.97. The van der Waals surface area contributed by atoms with Crippen LogP contribution in [0.5, 0.6) is 0 Å². The van der Waals surface area contributed by atoms with Gasteiger partial charge in [-0.1, -0.05) is 11.6 Å². The maximum atomic E-state index is 12.3. The van der Waals surface area contributed by atoms with E-state index in [2.05, 4.69) is 30.1 Å². The van der Waals surface area contributed by atoms with Crippen LogP contribution in [0.4, 0.5) is 5.69 Å². The first-order valence-corrected chi connectivity index (χ1v) is 10.1. The topological polar surface area (TPSA) is 58.6 Å². The third-order valence-corrected chi connectivity index (χ3v) is 5.02. The molecule has 0 spiro atoms. The van der Waals surface area contributed by atoms with Crippen LogP contribution < -0.4 is 10.2 Å². The van der Waals surface area contributed by atoms with Crippen molar-refractivity contribution in [2.24, 2.45) is 0 Å². The summed E-state index contributed by atoms with van der Waals surface area (Å²) in [5.74, 6) is -0.724. The summed E-state index contributed by atoms with van der Waals surface area (Å²) in [5, 5.41) is 2.86. The summed E-state index contributed by atoms with van der Waals surface area (Å²) in [5.41, 5.74) is 2.94. The molecule has 1 aliphatic rings. The van der Waals surface area contributed by atoms with E-state index in [4.69, 9.17) is 4.74 Å². The molecule has 2 rings (SSSR count). The molecule has 0 radical (unpaired) electrons. The number of nitrogens with zero attached hydrogens (tertiary/aromatic N) is 1. The fraction of sp³-hybridized carbons (Fsp3) is 0.545. The Morgan fingerprint density at radius 2 is 1.85 bits per heavy atom. The van der Waals surface area contributed by atoms with Crippen LogP contribution in [0.15, 0.2) is 35.9 Å². The Morgan fingerprint density at radius 1 is 1.15 bits per heavy atom. The van der Waals surface area contributed by atoms with Gasteiger partial charge in [-0.25, -0.2) is 4.79 Å². The van der Waals surface area contributed by atoms with E-state index in [1.807, 2.05) is 12.1 Å². The van der Waals surface area contributed by atoms with Crippen LogP contribution in [0.25, 0.3) is 0 Å². The van der Waals surface area contributed by atoms with Crippen molar-refractivity contribution in [1.29, 1.82) is 0 Å². The molecule has 148 valence electrons. The van der Waals surface area contributed by atoms with Gasteiger partial charge in [0.25, 0.3) is 5.91 Å². The number of carbonyl (C=O) groups is 2. The van der Waals surface area contributed by atoms with Gasteiger partial charge in [0.15, 0.2) is 6.10 Å². The van der Waals surface area contributed by atoms with E-state index in [9.17, 15) is 9.59 Å².